The molecule has 76 valence electrons. The van der Waals surface area contributed by atoms with Gasteiger partial charge in [-0.3, -0.25) is 0 Å². The number of carbonyl (C=O) groups is 1. The Morgan fingerprint density at radius 2 is 1.43 bits per heavy atom. The fraction of sp³-hybridized carbons (Fsp3) is 0.800. The normalized spacial score (nSPS) is 29.9. The third-order valence-corrected chi connectivity index (χ3v) is 2.57. The minimum Gasteiger partial charge on any atom is -0.237 e. The van der Waals surface area contributed by atoms with Crippen LogP contribution in [0, 0.1) is 20.2 Å². The van der Waals surface area contributed by atoms with Gasteiger partial charge in [0, 0.05) is 0 Å². The van der Waals surface area contributed by atoms with Gasteiger partial charge < -0.3 is 0 Å². The highest BCUT2D eigenvalue weighted by molar-refractivity contribution is 5.75. The van der Waals surface area contributed by atoms with E-state index in [1.165, 1.54) is 0 Å². The van der Waals surface area contributed by atoms with Crippen molar-refractivity contribution in [2.45, 2.75) is 24.9 Å². The van der Waals surface area contributed by atoms with Gasteiger partial charge in [0.05, 0.1) is 0 Å². The predicted octanol–water partition coefficient (Wildman–Crippen LogP) is -0.362. The highest BCUT2D eigenvalue weighted by atomic mass is 16.7. The average Bonchev–Trinajstić information content (AvgIpc) is 2.22. The second kappa shape index (κ2) is 2.53. The summed E-state index contributed by atoms with van der Waals surface area (Å²) in [6, 6.07) is -2.42. The molecular weight excluding hydrogens is 196 g/mol. The van der Waals surface area contributed by atoms with Gasteiger partial charge in [0.2, 0.25) is 0 Å². The van der Waals surface area contributed by atoms with E-state index in [0.29, 0.717) is 22.9 Å². The van der Waals surface area contributed by atoms with Gasteiger partial charge in [-0.25, -0.2) is 25.0 Å². The van der Waals surface area contributed by atoms with Gasteiger partial charge in [-0.05, 0) is 22.9 Å². The van der Waals surface area contributed by atoms with Crippen molar-refractivity contribution < 1.29 is 14.9 Å². The SMILES string of the molecule is O=C1N([N+](=O)[O-])C2CCC2N1[N+](=O)[O-]. The Labute approximate surface area is 77.1 Å². The smallest absolute Gasteiger partial charge is 0.237 e. The molecule has 1 saturated heterocycles. The fourth-order valence-corrected chi connectivity index (χ4v) is 1.81. The number of hydrogen-bond donors (Lipinski definition) is 0. The Morgan fingerprint density at radius 3 is 1.57 bits per heavy atom. The largest absolute Gasteiger partial charge is 0.436 e. The molecule has 1 aliphatic carbocycles. The number of hydrogen-bond acceptors (Lipinski definition) is 5. The van der Waals surface area contributed by atoms with Gasteiger partial charge in [0.1, 0.15) is 12.1 Å². The predicted molar refractivity (Wildman–Crippen MR) is 39.9 cm³/mol. The second-order valence-electron chi connectivity index (χ2n) is 3.16. The minimum atomic E-state index is -1.15. The summed E-state index contributed by atoms with van der Waals surface area (Å²) in [6.45, 7) is 0. The van der Waals surface area contributed by atoms with E-state index >= 15 is 0 Å². The molecule has 0 N–H and O–H groups in total. The molecule has 2 fully saturated rings. The van der Waals surface area contributed by atoms with Crippen LogP contribution in [0.25, 0.3) is 0 Å². The van der Waals surface area contributed by atoms with Gasteiger partial charge in [0.25, 0.3) is 0 Å². The van der Waals surface area contributed by atoms with Crippen LogP contribution in [0.15, 0.2) is 0 Å². The zero-order valence-electron chi connectivity index (χ0n) is 6.90. The third kappa shape index (κ3) is 0.858. The van der Waals surface area contributed by atoms with E-state index < -0.39 is 28.2 Å². The number of hydrazine groups is 2. The Morgan fingerprint density at radius 1 is 1.07 bits per heavy atom. The second-order valence-corrected chi connectivity index (χ2v) is 3.16. The van der Waals surface area contributed by atoms with Gasteiger partial charge >= 0.3 is 6.03 Å². The molecule has 2 atom stereocenters. The number of urea groups is 1. The van der Waals surface area contributed by atoms with E-state index in [2.05, 4.69) is 0 Å². The molecule has 0 radical (unpaired) electrons. The lowest BCUT2D eigenvalue weighted by Gasteiger charge is -2.27. The molecule has 1 heterocycles. The maximum Gasteiger partial charge on any atom is 0.436 e. The molecule has 9 nitrogen and oxygen atoms in total. The summed E-state index contributed by atoms with van der Waals surface area (Å²) in [6.07, 6.45) is 0.892. The highest BCUT2D eigenvalue weighted by Gasteiger charge is 2.63. The van der Waals surface area contributed by atoms with E-state index in [4.69, 9.17) is 0 Å². The monoisotopic (exact) mass is 202 g/mol. The molecule has 1 saturated carbocycles. The standard InChI is InChI=1S/C5H6N4O5/c10-5-6(8(11)12)3-1-2-4(3)7(5)9(13)14/h3-4H,1-2H2. The first-order chi connectivity index (χ1) is 6.54. The van der Waals surface area contributed by atoms with Crippen molar-refractivity contribution >= 4 is 6.03 Å². The number of nitro groups is 2. The lowest BCUT2D eigenvalue weighted by Crippen LogP contribution is -2.48. The molecule has 0 aromatic carbocycles. The summed E-state index contributed by atoms with van der Waals surface area (Å²) in [7, 11) is 0. The lowest BCUT2D eigenvalue weighted by atomic mass is 9.87. The van der Waals surface area contributed by atoms with Crippen LogP contribution in [0.1, 0.15) is 12.8 Å². The number of fused-ring (bicyclic) bond motifs is 1. The summed E-state index contributed by atoms with van der Waals surface area (Å²) in [5.41, 5.74) is 0. The quantitative estimate of drug-likeness (QED) is 0.448. The third-order valence-electron chi connectivity index (χ3n) is 2.57. The van der Waals surface area contributed by atoms with E-state index in [-0.39, 0.29) is 0 Å². The summed E-state index contributed by atoms with van der Waals surface area (Å²) in [5, 5.41) is 19.8. The van der Waals surface area contributed by atoms with Crippen LogP contribution in [0.4, 0.5) is 4.79 Å². The van der Waals surface area contributed by atoms with E-state index in [1.807, 2.05) is 0 Å². The highest BCUT2D eigenvalue weighted by Crippen LogP contribution is 2.37. The summed E-state index contributed by atoms with van der Waals surface area (Å²) < 4.78 is 0. The Balaban J connectivity index is 2.29. The van der Waals surface area contributed by atoms with Gasteiger partial charge in [0.15, 0.2) is 10.1 Å². The van der Waals surface area contributed by atoms with Crippen LogP contribution in [-0.4, -0.2) is 38.2 Å². The molecule has 0 spiro atoms. The van der Waals surface area contributed by atoms with Crippen LogP contribution < -0.4 is 0 Å². The van der Waals surface area contributed by atoms with Crippen molar-refractivity contribution in [3.63, 3.8) is 0 Å². The maximum atomic E-state index is 11.2. The average molecular weight is 202 g/mol. The molecule has 2 aliphatic rings. The minimum absolute atomic E-state index is 0.344. The molecule has 2 rings (SSSR count). The summed E-state index contributed by atoms with van der Waals surface area (Å²) in [5.74, 6) is 0. The molecule has 9 heteroatoms. The Kier molecular flexibility index (Phi) is 1.56. The van der Waals surface area contributed by atoms with E-state index in [0.717, 1.165) is 0 Å². The van der Waals surface area contributed by atoms with Gasteiger partial charge in [-0.2, -0.15) is 0 Å². The molecule has 2 amide bonds. The number of amides is 2. The van der Waals surface area contributed by atoms with Gasteiger partial charge in [-0.1, -0.05) is 0 Å². The van der Waals surface area contributed by atoms with Crippen LogP contribution in [0.3, 0.4) is 0 Å². The Bertz CT molecular complexity index is 300. The van der Waals surface area contributed by atoms with Crippen LogP contribution in [0.2, 0.25) is 0 Å². The van der Waals surface area contributed by atoms with Crippen molar-refractivity contribution in [2.75, 3.05) is 0 Å². The first-order valence-corrected chi connectivity index (χ1v) is 3.95. The van der Waals surface area contributed by atoms with Crippen molar-refractivity contribution in [1.29, 1.82) is 0 Å². The number of nitrogens with zero attached hydrogens (tertiary/aromatic N) is 4. The first kappa shape index (κ1) is 8.66. The van der Waals surface area contributed by atoms with E-state index in [1.54, 1.807) is 0 Å². The zero-order chi connectivity index (χ0) is 10.5. The summed E-state index contributed by atoms with van der Waals surface area (Å²) in [4.78, 5) is 32.1. The summed E-state index contributed by atoms with van der Waals surface area (Å²) >= 11 is 0. The Hall–Kier alpha value is -1.93. The molecule has 0 aromatic heterocycles. The zero-order valence-corrected chi connectivity index (χ0v) is 6.90. The van der Waals surface area contributed by atoms with Crippen molar-refractivity contribution in [3.8, 4) is 0 Å². The topological polar surface area (TPSA) is 110 Å². The van der Waals surface area contributed by atoms with Crippen molar-refractivity contribution in [1.82, 2.24) is 10.0 Å². The van der Waals surface area contributed by atoms with Gasteiger partial charge in [-0.15, -0.1) is 0 Å². The molecule has 0 aromatic rings. The number of rotatable bonds is 2. The van der Waals surface area contributed by atoms with Crippen LogP contribution in [0.5, 0.6) is 0 Å². The molecular formula is C5H6N4O5. The van der Waals surface area contributed by atoms with Crippen molar-refractivity contribution in [2.24, 2.45) is 0 Å². The number of carbonyl (C=O) groups excluding carboxylic acids is 1. The lowest BCUT2D eigenvalue weighted by molar-refractivity contribution is -0.650. The van der Waals surface area contributed by atoms with E-state index in [9.17, 15) is 25.0 Å². The molecule has 2 unspecified atom stereocenters. The molecule has 0 bridgehead atoms. The molecule has 1 aliphatic heterocycles. The van der Waals surface area contributed by atoms with Crippen LogP contribution in [-0.2, 0) is 0 Å². The molecule has 14 heavy (non-hydrogen) atoms. The maximum absolute atomic E-state index is 11.2. The first-order valence-electron chi connectivity index (χ1n) is 3.95. The van der Waals surface area contributed by atoms with Crippen LogP contribution >= 0.6 is 0 Å². The van der Waals surface area contributed by atoms with Crippen molar-refractivity contribution in [3.05, 3.63) is 20.2 Å². The fourth-order valence-electron chi connectivity index (χ4n) is 1.81.